The van der Waals surface area contributed by atoms with Crippen LogP contribution in [0.4, 0.5) is 4.39 Å². The molecule has 0 aliphatic heterocycles. The van der Waals surface area contributed by atoms with E-state index in [4.69, 9.17) is 11.6 Å². The molecular weight excluding hydrogens is 255 g/mol. The predicted octanol–water partition coefficient (Wildman–Crippen LogP) is 3.18. The van der Waals surface area contributed by atoms with Gasteiger partial charge in [0.1, 0.15) is 11.6 Å². The first-order valence-electron chi connectivity index (χ1n) is 5.66. The number of H-pyrrole nitrogens is 1. The second kappa shape index (κ2) is 5.31. The van der Waals surface area contributed by atoms with Crippen molar-refractivity contribution in [2.24, 2.45) is 0 Å². The number of aryl methyl sites for hydroxylation is 1. The van der Waals surface area contributed by atoms with E-state index >= 15 is 0 Å². The molecule has 3 nitrogen and oxygen atoms in total. The molecule has 0 bridgehead atoms. The van der Waals surface area contributed by atoms with Crippen LogP contribution in [0.3, 0.4) is 0 Å². The first kappa shape index (κ1) is 12.8. The Morgan fingerprint density at radius 1 is 1.39 bits per heavy atom. The van der Waals surface area contributed by atoms with E-state index in [0.717, 1.165) is 6.42 Å². The lowest BCUT2D eigenvalue weighted by Gasteiger charge is -2.05. The molecule has 0 atom stereocenters. The van der Waals surface area contributed by atoms with Crippen molar-refractivity contribution in [2.45, 2.75) is 19.8 Å². The van der Waals surface area contributed by atoms with Crippen molar-refractivity contribution in [1.29, 1.82) is 0 Å². The van der Waals surface area contributed by atoms with Crippen LogP contribution in [0, 0.1) is 5.82 Å². The Labute approximate surface area is 109 Å². The molecule has 0 aliphatic carbocycles. The molecule has 5 heteroatoms. The van der Waals surface area contributed by atoms with E-state index in [0.29, 0.717) is 23.0 Å². The summed E-state index contributed by atoms with van der Waals surface area (Å²) in [6.45, 7) is 1.98. The fourth-order valence-electron chi connectivity index (χ4n) is 1.70. The minimum absolute atomic E-state index is 0.280. The Hall–Kier alpha value is -1.68. The van der Waals surface area contributed by atoms with Crippen molar-refractivity contribution in [3.63, 3.8) is 0 Å². The van der Waals surface area contributed by atoms with Crippen LogP contribution in [-0.2, 0) is 6.42 Å². The molecule has 0 fully saturated rings. The molecule has 0 saturated carbocycles. The number of hydrogen-bond donors (Lipinski definition) is 1. The molecule has 1 N–H and O–H groups in total. The number of hydrogen-bond acceptors (Lipinski definition) is 2. The van der Waals surface area contributed by atoms with Crippen molar-refractivity contribution in [3.8, 4) is 11.3 Å². The van der Waals surface area contributed by atoms with Crippen molar-refractivity contribution >= 4 is 11.6 Å². The molecule has 18 heavy (non-hydrogen) atoms. The third kappa shape index (κ3) is 2.76. The predicted molar refractivity (Wildman–Crippen MR) is 69.3 cm³/mol. The third-order valence-corrected chi connectivity index (χ3v) is 2.72. The number of benzene rings is 1. The lowest BCUT2D eigenvalue weighted by atomic mass is 10.1. The van der Waals surface area contributed by atoms with Crippen molar-refractivity contribution < 1.29 is 4.39 Å². The van der Waals surface area contributed by atoms with Crippen LogP contribution < -0.4 is 5.56 Å². The largest absolute Gasteiger partial charge is 0.311 e. The van der Waals surface area contributed by atoms with Gasteiger partial charge in [0.05, 0.1) is 5.69 Å². The minimum Gasteiger partial charge on any atom is -0.311 e. The summed E-state index contributed by atoms with van der Waals surface area (Å²) >= 11 is 5.69. The van der Waals surface area contributed by atoms with Crippen LogP contribution in [0.1, 0.15) is 19.2 Å². The SMILES string of the molecule is CCCc1nc(-c2ccc(Cl)cc2F)cc(=O)[nH]1. The van der Waals surface area contributed by atoms with Gasteiger partial charge < -0.3 is 4.98 Å². The number of aromatic nitrogens is 2. The second-order valence-electron chi connectivity index (χ2n) is 3.95. The molecule has 1 aromatic carbocycles. The number of aromatic amines is 1. The quantitative estimate of drug-likeness (QED) is 0.927. The first-order chi connectivity index (χ1) is 8.60. The lowest BCUT2D eigenvalue weighted by molar-refractivity contribution is 0.630. The van der Waals surface area contributed by atoms with Gasteiger partial charge in [0, 0.05) is 23.1 Å². The maximum Gasteiger partial charge on any atom is 0.251 e. The highest BCUT2D eigenvalue weighted by Crippen LogP contribution is 2.22. The molecule has 2 aromatic rings. The number of nitrogens with one attached hydrogen (secondary N) is 1. The molecule has 0 radical (unpaired) electrons. The van der Waals surface area contributed by atoms with Gasteiger partial charge in [0.15, 0.2) is 0 Å². The van der Waals surface area contributed by atoms with Gasteiger partial charge in [-0.25, -0.2) is 9.37 Å². The number of nitrogens with zero attached hydrogens (tertiary/aromatic N) is 1. The van der Waals surface area contributed by atoms with Gasteiger partial charge in [-0.1, -0.05) is 18.5 Å². The topological polar surface area (TPSA) is 45.8 Å². The number of halogens is 2. The first-order valence-corrected chi connectivity index (χ1v) is 6.03. The fourth-order valence-corrected chi connectivity index (χ4v) is 1.86. The van der Waals surface area contributed by atoms with E-state index < -0.39 is 5.82 Å². The summed E-state index contributed by atoms with van der Waals surface area (Å²) in [7, 11) is 0. The fraction of sp³-hybridized carbons (Fsp3) is 0.231. The van der Waals surface area contributed by atoms with Gasteiger partial charge in [-0.2, -0.15) is 0 Å². The molecule has 0 amide bonds. The summed E-state index contributed by atoms with van der Waals surface area (Å²) in [6, 6.07) is 5.59. The standard InChI is InChI=1S/C13H12ClFN2O/c1-2-3-12-16-11(7-13(18)17-12)9-5-4-8(14)6-10(9)15/h4-7H,2-3H2,1H3,(H,16,17,18). The average molecular weight is 267 g/mol. The van der Waals surface area contributed by atoms with E-state index in [1.54, 1.807) is 6.07 Å². The Morgan fingerprint density at radius 3 is 2.83 bits per heavy atom. The van der Waals surface area contributed by atoms with Gasteiger partial charge in [0.2, 0.25) is 0 Å². The zero-order valence-electron chi connectivity index (χ0n) is 9.84. The zero-order valence-corrected chi connectivity index (χ0v) is 10.6. The van der Waals surface area contributed by atoms with Crippen LogP contribution in [0.5, 0.6) is 0 Å². The Kier molecular flexibility index (Phi) is 3.77. The molecule has 94 valence electrons. The van der Waals surface area contributed by atoms with Crippen LogP contribution >= 0.6 is 11.6 Å². The van der Waals surface area contributed by atoms with E-state index in [1.165, 1.54) is 18.2 Å². The van der Waals surface area contributed by atoms with Gasteiger partial charge in [-0.05, 0) is 24.6 Å². The summed E-state index contributed by atoms with van der Waals surface area (Å²) in [5.41, 5.74) is 0.331. The maximum atomic E-state index is 13.7. The highest BCUT2D eigenvalue weighted by atomic mass is 35.5. The zero-order chi connectivity index (χ0) is 13.1. The average Bonchev–Trinajstić information content (AvgIpc) is 2.28. The normalized spacial score (nSPS) is 10.6. The molecule has 0 saturated heterocycles. The smallest absolute Gasteiger partial charge is 0.251 e. The minimum atomic E-state index is -0.483. The van der Waals surface area contributed by atoms with Crippen molar-refractivity contribution in [3.05, 3.63) is 51.3 Å². The van der Waals surface area contributed by atoms with Crippen LogP contribution in [0.2, 0.25) is 5.02 Å². The Balaban J connectivity index is 2.53. The monoisotopic (exact) mass is 266 g/mol. The van der Waals surface area contributed by atoms with Crippen LogP contribution in [-0.4, -0.2) is 9.97 Å². The summed E-state index contributed by atoms with van der Waals surface area (Å²) in [5.74, 6) is 0.0809. The van der Waals surface area contributed by atoms with E-state index in [1.807, 2.05) is 6.92 Å². The number of rotatable bonds is 3. The van der Waals surface area contributed by atoms with Crippen molar-refractivity contribution in [1.82, 2.24) is 9.97 Å². The third-order valence-electron chi connectivity index (χ3n) is 2.48. The van der Waals surface area contributed by atoms with Gasteiger partial charge in [0.25, 0.3) is 5.56 Å². The van der Waals surface area contributed by atoms with E-state index in [9.17, 15) is 9.18 Å². The van der Waals surface area contributed by atoms with Gasteiger partial charge in [-0.3, -0.25) is 4.79 Å². The highest BCUT2D eigenvalue weighted by Gasteiger charge is 2.09. The van der Waals surface area contributed by atoms with Gasteiger partial charge in [-0.15, -0.1) is 0 Å². The summed E-state index contributed by atoms with van der Waals surface area (Å²) in [6.07, 6.45) is 1.51. The molecule has 0 unspecified atom stereocenters. The molecular formula is C13H12ClFN2O. The summed E-state index contributed by atoms with van der Waals surface area (Å²) in [4.78, 5) is 18.4. The molecule has 1 heterocycles. The molecule has 2 rings (SSSR count). The lowest BCUT2D eigenvalue weighted by Crippen LogP contribution is -2.11. The molecule has 1 aromatic heterocycles. The Bertz CT molecular complexity index is 625. The van der Waals surface area contributed by atoms with Crippen LogP contribution in [0.15, 0.2) is 29.1 Å². The van der Waals surface area contributed by atoms with Crippen molar-refractivity contribution in [2.75, 3.05) is 0 Å². The molecule has 0 aliphatic rings. The van der Waals surface area contributed by atoms with Gasteiger partial charge >= 0.3 is 0 Å². The maximum absolute atomic E-state index is 13.7. The summed E-state index contributed by atoms with van der Waals surface area (Å²) in [5, 5.41) is 0.315. The van der Waals surface area contributed by atoms with E-state index in [-0.39, 0.29) is 11.1 Å². The van der Waals surface area contributed by atoms with Crippen LogP contribution in [0.25, 0.3) is 11.3 Å². The Morgan fingerprint density at radius 2 is 2.17 bits per heavy atom. The second-order valence-corrected chi connectivity index (χ2v) is 4.39. The van der Waals surface area contributed by atoms with E-state index in [2.05, 4.69) is 9.97 Å². The highest BCUT2D eigenvalue weighted by molar-refractivity contribution is 6.30. The summed E-state index contributed by atoms with van der Waals surface area (Å²) < 4.78 is 13.7. The molecule has 0 spiro atoms.